The molecular weight excluding hydrogens is 662 g/mol. The van der Waals surface area contributed by atoms with Gasteiger partial charge in [0, 0.05) is 18.8 Å². The van der Waals surface area contributed by atoms with Gasteiger partial charge in [-0.1, -0.05) is 13.2 Å². The highest BCUT2D eigenvalue weighted by Crippen LogP contribution is 2.52. The van der Waals surface area contributed by atoms with Crippen LogP contribution in [-0.4, -0.2) is 62.7 Å². The molecular formula is C36H40F2O12. The molecule has 1 fully saturated rings. The van der Waals surface area contributed by atoms with Crippen LogP contribution in [0.2, 0.25) is 0 Å². The van der Waals surface area contributed by atoms with Crippen molar-refractivity contribution in [2.75, 3.05) is 26.4 Å². The van der Waals surface area contributed by atoms with E-state index in [1.54, 1.807) is 6.92 Å². The summed E-state index contributed by atoms with van der Waals surface area (Å²) in [6.45, 7) is 9.36. The summed E-state index contributed by atoms with van der Waals surface area (Å²) in [6, 6.07) is 6.95. The van der Waals surface area contributed by atoms with E-state index >= 15 is 0 Å². The van der Waals surface area contributed by atoms with Crippen LogP contribution >= 0.6 is 0 Å². The summed E-state index contributed by atoms with van der Waals surface area (Å²) < 4.78 is 69.7. The fraction of sp³-hybridized carbons (Fsp3) is 0.444. The summed E-state index contributed by atoms with van der Waals surface area (Å²) in [7, 11) is 0. The Labute approximate surface area is 288 Å². The highest BCUT2D eigenvalue weighted by Gasteiger charge is 2.47. The van der Waals surface area contributed by atoms with E-state index in [2.05, 4.69) is 22.6 Å². The molecule has 0 amide bonds. The number of benzene rings is 2. The second kappa shape index (κ2) is 18.1. The normalized spacial score (nSPS) is 17.3. The Balaban J connectivity index is 1.25. The van der Waals surface area contributed by atoms with Gasteiger partial charge in [0.2, 0.25) is 11.5 Å². The van der Waals surface area contributed by atoms with Crippen molar-refractivity contribution in [1.29, 1.82) is 0 Å². The minimum Gasteiger partial charge on any atom is -0.490 e. The van der Waals surface area contributed by atoms with Crippen LogP contribution in [0.3, 0.4) is 0 Å². The summed E-state index contributed by atoms with van der Waals surface area (Å²) in [5.41, 5.74) is 0.535. The van der Waals surface area contributed by atoms with Gasteiger partial charge in [0.25, 0.3) is 0 Å². The molecule has 0 saturated heterocycles. The van der Waals surface area contributed by atoms with Crippen molar-refractivity contribution in [1.82, 2.24) is 0 Å². The molecule has 14 heteroatoms. The smallest absolute Gasteiger partial charge is 0.490 e. The molecule has 0 radical (unpaired) electrons. The van der Waals surface area contributed by atoms with Gasteiger partial charge in [-0.15, -0.1) is 8.78 Å². The third-order valence-corrected chi connectivity index (χ3v) is 7.84. The first-order chi connectivity index (χ1) is 24.0. The Morgan fingerprint density at radius 2 is 1.38 bits per heavy atom. The topological polar surface area (TPSA) is 142 Å². The zero-order valence-electron chi connectivity index (χ0n) is 27.8. The van der Waals surface area contributed by atoms with Crippen LogP contribution in [-0.2, 0) is 28.6 Å². The zero-order valence-corrected chi connectivity index (χ0v) is 27.8. The van der Waals surface area contributed by atoms with Crippen molar-refractivity contribution in [2.24, 2.45) is 5.92 Å². The SMILES string of the molecule is C=CC(=O)OCCCCOc1ccc(OC(=O)c2ccc(OC(=O)C3CCC(OCCCCOC(=O)C=C)CC3)cc2C)c2c1OC(F)(F)O2. The number of alkyl halides is 2. The molecule has 0 bridgehead atoms. The third-order valence-electron chi connectivity index (χ3n) is 7.84. The van der Waals surface area contributed by atoms with Crippen LogP contribution in [0.1, 0.15) is 67.3 Å². The maximum atomic E-state index is 14.1. The number of esters is 4. The number of rotatable bonds is 18. The fourth-order valence-electron chi connectivity index (χ4n) is 5.22. The number of aryl methyl sites for hydroxylation is 1. The lowest BCUT2D eigenvalue weighted by Gasteiger charge is -2.27. The Bertz CT molecular complexity index is 1550. The average molecular weight is 703 g/mol. The minimum absolute atomic E-state index is 0.0440. The number of ether oxygens (including phenoxy) is 8. The van der Waals surface area contributed by atoms with E-state index in [4.69, 9.17) is 28.4 Å². The molecule has 1 saturated carbocycles. The van der Waals surface area contributed by atoms with E-state index in [1.165, 1.54) is 30.3 Å². The van der Waals surface area contributed by atoms with E-state index in [9.17, 15) is 28.0 Å². The molecule has 50 heavy (non-hydrogen) atoms. The Morgan fingerprint density at radius 1 is 0.800 bits per heavy atom. The summed E-state index contributed by atoms with van der Waals surface area (Å²) in [5, 5.41) is 0. The molecule has 270 valence electrons. The van der Waals surface area contributed by atoms with E-state index in [0.717, 1.165) is 18.6 Å². The van der Waals surface area contributed by atoms with Crippen molar-refractivity contribution in [3.63, 3.8) is 0 Å². The van der Waals surface area contributed by atoms with Gasteiger partial charge in [-0.2, -0.15) is 0 Å². The lowest BCUT2D eigenvalue weighted by atomic mass is 9.87. The lowest BCUT2D eigenvalue weighted by molar-refractivity contribution is -0.287. The Hall–Kier alpha value is -4.98. The van der Waals surface area contributed by atoms with Gasteiger partial charge >= 0.3 is 30.2 Å². The molecule has 0 spiro atoms. The molecule has 2 aromatic carbocycles. The number of carbonyl (C=O) groups excluding carboxylic acids is 4. The van der Waals surface area contributed by atoms with Gasteiger partial charge in [-0.25, -0.2) is 14.4 Å². The number of halogens is 2. The number of carbonyl (C=O) groups is 4. The van der Waals surface area contributed by atoms with Crippen molar-refractivity contribution in [2.45, 2.75) is 70.7 Å². The summed E-state index contributed by atoms with van der Waals surface area (Å²) in [5.74, 6) is -3.59. The maximum absolute atomic E-state index is 14.1. The van der Waals surface area contributed by atoms with Gasteiger partial charge in [0.1, 0.15) is 5.75 Å². The quantitative estimate of drug-likeness (QED) is 0.0733. The highest BCUT2D eigenvalue weighted by atomic mass is 19.3. The molecule has 0 atom stereocenters. The standard InChI is InChI=1S/C36H40F2O12/c1-4-30(39)45-20-8-6-18-43-25-12-10-24(11-13-25)34(41)47-26-14-15-27(23(3)22-26)35(42)48-29-17-16-28(32-33(29)50-36(37,38)49-32)44-19-7-9-21-46-31(40)5-2/h4-5,14-17,22,24-25H,1-2,6-13,18-21H2,3H3. The average Bonchev–Trinajstić information content (AvgIpc) is 3.44. The molecule has 0 aromatic heterocycles. The molecule has 2 aliphatic rings. The molecule has 0 N–H and O–H groups in total. The molecule has 12 nitrogen and oxygen atoms in total. The number of hydrogen-bond donors (Lipinski definition) is 0. The van der Waals surface area contributed by atoms with Crippen LogP contribution in [0.15, 0.2) is 55.6 Å². The zero-order chi connectivity index (χ0) is 36.1. The van der Waals surface area contributed by atoms with Gasteiger partial charge in [-0.05, 0) is 94.2 Å². The molecule has 1 aliphatic carbocycles. The van der Waals surface area contributed by atoms with Gasteiger partial charge < -0.3 is 37.9 Å². The van der Waals surface area contributed by atoms with Crippen LogP contribution in [0.25, 0.3) is 0 Å². The van der Waals surface area contributed by atoms with E-state index in [0.29, 0.717) is 63.7 Å². The van der Waals surface area contributed by atoms with Crippen molar-refractivity contribution >= 4 is 23.9 Å². The number of unbranched alkanes of at least 4 members (excludes halogenated alkanes) is 2. The molecule has 0 unspecified atom stereocenters. The third kappa shape index (κ3) is 11.0. The fourth-order valence-corrected chi connectivity index (χ4v) is 5.22. The van der Waals surface area contributed by atoms with Gasteiger partial charge in [0.05, 0.1) is 37.4 Å². The van der Waals surface area contributed by atoms with Gasteiger partial charge in [-0.3, -0.25) is 4.79 Å². The van der Waals surface area contributed by atoms with Crippen molar-refractivity contribution < 1.29 is 65.9 Å². The lowest BCUT2D eigenvalue weighted by Crippen LogP contribution is -2.29. The second-order valence-electron chi connectivity index (χ2n) is 11.5. The first-order valence-corrected chi connectivity index (χ1v) is 16.3. The largest absolute Gasteiger partial charge is 0.586 e. The molecule has 1 heterocycles. The second-order valence-corrected chi connectivity index (χ2v) is 11.5. The van der Waals surface area contributed by atoms with Gasteiger partial charge in [0.15, 0.2) is 11.5 Å². The summed E-state index contributed by atoms with van der Waals surface area (Å²) in [6.07, 6.45) is 3.16. The number of hydrogen-bond acceptors (Lipinski definition) is 12. The predicted molar refractivity (Wildman–Crippen MR) is 172 cm³/mol. The summed E-state index contributed by atoms with van der Waals surface area (Å²) in [4.78, 5) is 48.1. The van der Waals surface area contributed by atoms with Crippen LogP contribution < -0.4 is 23.7 Å². The van der Waals surface area contributed by atoms with Crippen molar-refractivity contribution in [3.8, 4) is 28.7 Å². The first-order valence-electron chi connectivity index (χ1n) is 16.3. The maximum Gasteiger partial charge on any atom is 0.586 e. The monoisotopic (exact) mass is 702 g/mol. The van der Waals surface area contributed by atoms with Crippen molar-refractivity contribution in [3.05, 3.63) is 66.8 Å². The Morgan fingerprint density at radius 3 is 2.00 bits per heavy atom. The summed E-state index contributed by atoms with van der Waals surface area (Å²) >= 11 is 0. The molecule has 2 aromatic rings. The van der Waals surface area contributed by atoms with E-state index in [-0.39, 0.29) is 54.0 Å². The van der Waals surface area contributed by atoms with Crippen LogP contribution in [0.5, 0.6) is 28.7 Å². The van der Waals surface area contributed by atoms with E-state index < -0.39 is 35.7 Å². The highest BCUT2D eigenvalue weighted by molar-refractivity contribution is 5.93. The predicted octanol–water partition coefficient (Wildman–Crippen LogP) is 6.41. The first kappa shape index (κ1) is 37.8. The molecule has 4 rings (SSSR count). The van der Waals surface area contributed by atoms with Crippen LogP contribution in [0, 0.1) is 12.8 Å². The minimum atomic E-state index is -4.01. The Kier molecular flexibility index (Phi) is 13.7. The van der Waals surface area contributed by atoms with Crippen LogP contribution in [0.4, 0.5) is 8.78 Å². The van der Waals surface area contributed by atoms with E-state index in [1.807, 2.05) is 0 Å². The molecule has 1 aliphatic heterocycles. The number of fused-ring (bicyclic) bond motifs is 1.